The number of carbonyl (C=O) groups is 1. The molecular weight excluding hydrogens is 411 g/mol. The van der Waals surface area contributed by atoms with Crippen molar-refractivity contribution in [1.29, 1.82) is 0 Å². The minimum Gasteiger partial charge on any atom is -1.00 e. The Morgan fingerprint density at radius 2 is 1.55 bits per heavy atom. The molecule has 0 amide bonds. The van der Waals surface area contributed by atoms with Gasteiger partial charge in [0.25, 0.3) is 0 Å². The molecule has 0 heterocycles. The molecule has 0 saturated heterocycles. The van der Waals surface area contributed by atoms with E-state index in [1.165, 1.54) is 12.0 Å². The smallest absolute Gasteiger partial charge is 1.00 e. The zero-order valence-electron chi connectivity index (χ0n) is 18.5. The van der Waals surface area contributed by atoms with Crippen molar-refractivity contribution in [3.8, 4) is 0 Å². The first-order valence-corrected chi connectivity index (χ1v) is 11.0. The van der Waals surface area contributed by atoms with Crippen LogP contribution in [0.25, 0.3) is 0 Å². The standard InChI is InChI=1S/C19H28O2.Na.H2O4S.2H2O.H/c1-18-9-7-13(20)11-12(18)3-4-14-15-5-6-17(21)19(15,2)10-8-16(14)18;;1-5(2,3)4;;;/h3,13-16,20H,4-11H2,1-2H3;;(H2,1,2,3,4);2*1H2;/q;+1;;;;-1/t13-,14-,15-,16-,18-,19-;;;;;/m0...../s1. The molecule has 3 fully saturated rings. The number of aliphatic hydroxyl groups excluding tert-OH is 1. The van der Waals surface area contributed by atoms with Gasteiger partial charge in [-0.15, -0.1) is 0 Å². The van der Waals surface area contributed by atoms with Gasteiger partial charge in [0.15, 0.2) is 0 Å². The zero-order valence-corrected chi connectivity index (χ0v) is 20.3. The fourth-order valence-electron chi connectivity index (χ4n) is 6.41. The Labute approximate surface area is 196 Å². The molecule has 29 heavy (non-hydrogen) atoms. The topological polar surface area (TPSA) is 175 Å². The average Bonchev–Trinajstić information content (AvgIpc) is 2.82. The van der Waals surface area contributed by atoms with Crippen LogP contribution in [-0.2, 0) is 15.2 Å². The second kappa shape index (κ2) is 10.2. The number of allylic oxidation sites excluding steroid dienone is 1. The number of hydrogen-bond donors (Lipinski definition) is 3. The Balaban J connectivity index is 0. The van der Waals surface area contributed by atoms with Gasteiger partial charge in [0.1, 0.15) is 5.78 Å². The molecule has 6 atom stereocenters. The Morgan fingerprint density at radius 3 is 2.14 bits per heavy atom. The van der Waals surface area contributed by atoms with Gasteiger partial charge in [0, 0.05) is 11.8 Å². The first kappa shape index (κ1) is 29.2. The van der Waals surface area contributed by atoms with Crippen LogP contribution in [0.3, 0.4) is 0 Å². The number of carbonyl (C=O) groups excluding carboxylic acids is 1. The zero-order chi connectivity index (χ0) is 19.3. The normalized spacial score (nSPS) is 40.2. The van der Waals surface area contributed by atoms with E-state index < -0.39 is 10.4 Å². The van der Waals surface area contributed by atoms with E-state index in [0.717, 1.165) is 50.9 Å². The van der Waals surface area contributed by atoms with Crippen molar-refractivity contribution in [2.24, 2.45) is 28.6 Å². The number of aliphatic hydroxyl groups is 1. The van der Waals surface area contributed by atoms with Crippen molar-refractivity contribution >= 4 is 16.2 Å². The fourth-order valence-corrected chi connectivity index (χ4v) is 6.41. The van der Waals surface area contributed by atoms with Crippen LogP contribution in [0, 0.1) is 28.6 Å². The molecule has 10 heteroatoms. The largest absolute Gasteiger partial charge is 1.00 e. The number of hydrogen-bond acceptors (Lipinski definition) is 4. The van der Waals surface area contributed by atoms with Crippen LogP contribution >= 0.6 is 0 Å². The van der Waals surface area contributed by atoms with Gasteiger partial charge in [-0.05, 0) is 68.1 Å². The summed E-state index contributed by atoms with van der Waals surface area (Å²) in [6.07, 6.45) is 10.7. The van der Waals surface area contributed by atoms with Crippen LogP contribution in [0.4, 0.5) is 0 Å². The van der Waals surface area contributed by atoms with Crippen LogP contribution in [0.5, 0.6) is 0 Å². The first-order chi connectivity index (χ1) is 11.9. The first-order valence-electron chi connectivity index (χ1n) is 9.56. The molecule has 0 aromatic rings. The van der Waals surface area contributed by atoms with Crippen LogP contribution in [0.2, 0.25) is 0 Å². The molecule has 0 aromatic heterocycles. The minimum absolute atomic E-state index is 0. The number of fused-ring (bicyclic) bond motifs is 5. The van der Waals surface area contributed by atoms with Crippen molar-refractivity contribution < 1.29 is 69.4 Å². The SMILES string of the molecule is C[C@]12CC[C@H](O)CC1=CC[C@@H]1[C@@H]2CC[C@]2(C)C(=O)CC[C@@H]12.O.O.O=S(=O)(O)O.[H-].[Na+]. The number of Topliss-reactive ketones (excluding diaryl/α,β-unsaturated/α-hetero) is 1. The van der Waals surface area contributed by atoms with Crippen molar-refractivity contribution in [1.82, 2.24) is 0 Å². The molecule has 0 aromatic carbocycles. The summed E-state index contributed by atoms with van der Waals surface area (Å²) in [6.45, 7) is 4.69. The van der Waals surface area contributed by atoms with Crippen LogP contribution in [-0.4, -0.2) is 45.5 Å². The Hall–Kier alpha value is 0.160. The molecule has 0 bridgehead atoms. The molecule has 0 spiro atoms. The van der Waals surface area contributed by atoms with Gasteiger partial charge in [-0.25, -0.2) is 0 Å². The number of rotatable bonds is 0. The summed E-state index contributed by atoms with van der Waals surface area (Å²) in [7, 11) is -4.67. The maximum absolute atomic E-state index is 12.4. The van der Waals surface area contributed by atoms with E-state index in [-0.39, 0.29) is 53.5 Å². The molecule has 8 nitrogen and oxygen atoms in total. The summed E-state index contributed by atoms with van der Waals surface area (Å²) in [5.41, 5.74) is 1.81. The maximum Gasteiger partial charge on any atom is 1.00 e. The predicted octanol–water partition coefficient (Wildman–Crippen LogP) is -1.31. The number of ketones is 1. The van der Waals surface area contributed by atoms with E-state index >= 15 is 0 Å². The summed E-state index contributed by atoms with van der Waals surface area (Å²) < 4.78 is 31.6. The molecule has 0 aliphatic heterocycles. The molecule has 0 radical (unpaired) electrons. The van der Waals surface area contributed by atoms with Gasteiger partial charge in [-0.3, -0.25) is 13.9 Å². The second-order valence-corrected chi connectivity index (χ2v) is 9.92. The molecule has 166 valence electrons. The van der Waals surface area contributed by atoms with Gasteiger partial charge in [0.2, 0.25) is 0 Å². The Kier molecular flexibility index (Phi) is 10.2. The molecule has 3 saturated carbocycles. The van der Waals surface area contributed by atoms with E-state index in [9.17, 15) is 9.90 Å². The fraction of sp³-hybridized carbons (Fsp3) is 0.842. The quantitative estimate of drug-likeness (QED) is 0.236. The third-order valence-electron chi connectivity index (χ3n) is 7.79. The van der Waals surface area contributed by atoms with E-state index in [1.54, 1.807) is 0 Å². The minimum atomic E-state index is -4.67. The Morgan fingerprint density at radius 1 is 1.03 bits per heavy atom. The van der Waals surface area contributed by atoms with E-state index in [2.05, 4.69) is 19.9 Å². The summed E-state index contributed by atoms with van der Waals surface area (Å²) in [5.74, 6) is 2.60. The van der Waals surface area contributed by atoms with Crippen molar-refractivity contribution in [2.75, 3.05) is 0 Å². The molecule has 4 aliphatic rings. The van der Waals surface area contributed by atoms with Crippen LogP contribution in [0.15, 0.2) is 11.6 Å². The van der Waals surface area contributed by atoms with Crippen molar-refractivity contribution in [3.63, 3.8) is 0 Å². The van der Waals surface area contributed by atoms with E-state index in [4.69, 9.17) is 17.5 Å². The van der Waals surface area contributed by atoms with Gasteiger partial charge in [-0.1, -0.05) is 25.5 Å². The van der Waals surface area contributed by atoms with Crippen LogP contribution in [0.1, 0.15) is 66.6 Å². The van der Waals surface area contributed by atoms with Gasteiger partial charge < -0.3 is 17.5 Å². The summed E-state index contributed by atoms with van der Waals surface area (Å²) >= 11 is 0. The second-order valence-electron chi connectivity index (χ2n) is 9.02. The third kappa shape index (κ3) is 5.70. The molecule has 4 aliphatic carbocycles. The summed E-state index contributed by atoms with van der Waals surface area (Å²) in [6, 6.07) is 0. The van der Waals surface area contributed by atoms with Gasteiger partial charge >= 0.3 is 40.0 Å². The van der Waals surface area contributed by atoms with E-state index in [1.807, 2.05) is 0 Å². The van der Waals surface area contributed by atoms with Crippen molar-refractivity contribution in [2.45, 2.75) is 71.3 Å². The molecule has 4 rings (SSSR count). The van der Waals surface area contributed by atoms with Crippen molar-refractivity contribution in [3.05, 3.63) is 11.6 Å². The van der Waals surface area contributed by atoms with Gasteiger partial charge in [-0.2, -0.15) is 8.42 Å². The Bertz CT molecular complexity index is 722. The average molecular weight is 447 g/mol. The summed E-state index contributed by atoms with van der Waals surface area (Å²) in [4.78, 5) is 12.4. The predicted molar refractivity (Wildman–Crippen MR) is 105 cm³/mol. The monoisotopic (exact) mass is 446 g/mol. The third-order valence-corrected chi connectivity index (χ3v) is 7.79. The van der Waals surface area contributed by atoms with E-state index in [0.29, 0.717) is 23.0 Å². The van der Waals surface area contributed by atoms with Gasteiger partial charge in [0.05, 0.1) is 6.10 Å². The molecular formula is C19H35NaO8S. The maximum atomic E-state index is 12.4. The molecule has 7 N–H and O–H groups in total. The van der Waals surface area contributed by atoms with Crippen LogP contribution < -0.4 is 29.6 Å². The molecule has 0 unspecified atom stereocenters. The summed E-state index contributed by atoms with van der Waals surface area (Å²) in [5, 5.41) is 10.00.